The van der Waals surface area contributed by atoms with Crippen LogP contribution in [0.3, 0.4) is 0 Å². The van der Waals surface area contributed by atoms with Crippen LogP contribution >= 0.6 is 11.3 Å². The van der Waals surface area contributed by atoms with Gasteiger partial charge in [-0.25, -0.2) is 4.98 Å². The summed E-state index contributed by atoms with van der Waals surface area (Å²) in [6, 6.07) is 4.14. The van der Waals surface area contributed by atoms with E-state index in [1.54, 1.807) is 11.3 Å². The number of amides is 1. The summed E-state index contributed by atoms with van der Waals surface area (Å²) < 4.78 is 9.30. The van der Waals surface area contributed by atoms with Crippen LogP contribution in [-0.2, 0) is 10.3 Å². The van der Waals surface area contributed by atoms with Gasteiger partial charge in [0, 0.05) is 30.6 Å². The Kier molecular flexibility index (Phi) is 4.42. The predicted octanol–water partition coefficient (Wildman–Crippen LogP) is 3.82. The van der Waals surface area contributed by atoms with Gasteiger partial charge in [-0.1, -0.05) is 0 Å². The summed E-state index contributed by atoms with van der Waals surface area (Å²) in [7, 11) is 0. The van der Waals surface area contributed by atoms with E-state index in [1.807, 2.05) is 23.3 Å². The summed E-state index contributed by atoms with van der Waals surface area (Å²) in [5.41, 5.74) is 4.76. The van der Waals surface area contributed by atoms with Crippen molar-refractivity contribution in [3.8, 4) is 16.9 Å². The highest BCUT2D eigenvalue weighted by Crippen LogP contribution is 2.36. The van der Waals surface area contributed by atoms with E-state index in [1.165, 1.54) is 0 Å². The SMILES string of the molecule is C[C@H](Oc1cc(-c2cnn(C(C)(C)C)c2)cc2ncsc12)C1CNC(=O)C1. The molecule has 0 aliphatic carbocycles. The first kappa shape index (κ1) is 18.0. The molecule has 2 atom stereocenters. The van der Waals surface area contributed by atoms with E-state index in [4.69, 9.17) is 4.74 Å². The molecule has 1 N–H and O–H groups in total. The molecule has 3 heterocycles. The molecule has 0 saturated carbocycles. The van der Waals surface area contributed by atoms with Gasteiger partial charge < -0.3 is 10.1 Å². The number of ether oxygens (including phenoxy) is 1. The number of carbonyl (C=O) groups excluding carboxylic acids is 1. The Morgan fingerprint density at radius 2 is 2.15 bits per heavy atom. The topological polar surface area (TPSA) is 69.0 Å². The number of nitrogens with one attached hydrogen (secondary N) is 1. The Bertz CT molecular complexity index is 985. The summed E-state index contributed by atoms with van der Waals surface area (Å²) in [4.78, 5) is 16.0. The highest BCUT2D eigenvalue weighted by Gasteiger charge is 2.28. The molecule has 1 saturated heterocycles. The molecule has 0 bridgehead atoms. The Morgan fingerprint density at radius 3 is 2.81 bits per heavy atom. The van der Waals surface area contributed by atoms with Gasteiger partial charge in [0.2, 0.25) is 5.91 Å². The van der Waals surface area contributed by atoms with Gasteiger partial charge >= 0.3 is 0 Å². The normalized spacial score (nSPS) is 18.7. The zero-order valence-corrected chi connectivity index (χ0v) is 16.8. The molecule has 1 amide bonds. The quantitative estimate of drug-likeness (QED) is 0.742. The molecule has 2 aromatic heterocycles. The molecule has 0 spiro atoms. The summed E-state index contributed by atoms with van der Waals surface area (Å²) in [5.74, 6) is 1.11. The molecular formula is C20H24N4O2S. The van der Waals surface area contributed by atoms with Gasteiger partial charge in [0.05, 0.1) is 27.5 Å². The molecule has 0 radical (unpaired) electrons. The maximum absolute atomic E-state index is 11.5. The van der Waals surface area contributed by atoms with Gasteiger partial charge in [-0.2, -0.15) is 5.10 Å². The van der Waals surface area contributed by atoms with Gasteiger partial charge in [-0.05, 0) is 45.4 Å². The van der Waals surface area contributed by atoms with Gasteiger partial charge in [0.1, 0.15) is 11.9 Å². The maximum atomic E-state index is 11.5. The van der Waals surface area contributed by atoms with Crippen LogP contribution in [0.5, 0.6) is 5.75 Å². The Balaban J connectivity index is 1.67. The van der Waals surface area contributed by atoms with Crippen LogP contribution in [0.4, 0.5) is 0 Å². The third-order valence-electron chi connectivity index (χ3n) is 4.99. The molecule has 3 aromatic rings. The molecule has 4 rings (SSSR count). The van der Waals surface area contributed by atoms with Crippen molar-refractivity contribution in [3.05, 3.63) is 30.0 Å². The molecule has 1 aliphatic heterocycles. The second-order valence-electron chi connectivity index (χ2n) is 8.11. The van der Waals surface area contributed by atoms with Crippen molar-refractivity contribution >= 4 is 27.5 Å². The van der Waals surface area contributed by atoms with Crippen LogP contribution < -0.4 is 10.1 Å². The fraction of sp³-hybridized carbons (Fsp3) is 0.450. The lowest BCUT2D eigenvalue weighted by Gasteiger charge is -2.20. The second-order valence-corrected chi connectivity index (χ2v) is 8.97. The van der Waals surface area contributed by atoms with E-state index >= 15 is 0 Å². The smallest absolute Gasteiger partial charge is 0.220 e. The third kappa shape index (κ3) is 3.56. The van der Waals surface area contributed by atoms with Crippen molar-refractivity contribution in [2.24, 2.45) is 5.92 Å². The first-order valence-electron chi connectivity index (χ1n) is 9.17. The van der Waals surface area contributed by atoms with Crippen molar-refractivity contribution < 1.29 is 9.53 Å². The average Bonchev–Trinajstić information content (AvgIpc) is 3.33. The predicted molar refractivity (Wildman–Crippen MR) is 107 cm³/mol. The number of nitrogens with zero attached hydrogens (tertiary/aromatic N) is 3. The highest BCUT2D eigenvalue weighted by molar-refractivity contribution is 7.17. The van der Waals surface area contributed by atoms with E-state index in [9.17, 15) is 4.79 Å². The number of rotatable bonds is 4. The number of carbonyl (C=O) groups is 1. The van der Waals surface area contributed by atoms with Crippen LogP contribution in [0.1, 0.15) is 34.1 Å². The van der Waals surface area contributed by atoms with Gasteiger partial charge in [-0.15, -0.1) is 11.3 Å². The molecule has 6 nitrogen and oxygen atoms in total. The number of benzene rings is 1. The van der Waals surface area contributed by atoms with Gasteiger partial charge in [-0.3, -0.25) is 9.48 Å². The van der Waals surface area contributed by atoms with Crippen molar-refractivity contribution in [2.75, 3.05) is 6.54 Å². The van der Waals surface area contributed by atoms with E-state index < -0.39 is 0 Å². The lowest BCUT2D eigenvalue weighted by molar-refractivity contribution is -0.119. The van der Waals surface area contributed by atoms with Crippen LogP contribution in [0.25, 0.3) is 21.3 Å². The number of fused-ring (bicyclic) bond motifs is 1. The van der Waals surface area contributed by atoms with Crippen LogP contribution in [0.2, 0.25) is 0 Å². The summed E-state index contributed by atoms with van der Waals surface area (Å²) >= 11 is 1.57. The average molecular weight is 385 g/mol. The van der Waals surface area contributed by atoms with Crippen molar-refractivity contribution in [2.45, 2.75) is 45.8 Å². The molecule has 1 unspecified atom stereocenters. The van der Waals surface area contributed by atoms with Gasteiger partial charge in [0.15, 0.2) is 0 Å². The standard InChI is InChI=1S/C20H24N4O2S/c1-12(14-7-18(25)21-8-14)26-17-6-13(5-16-19(17)27-11-22-16)15-9-23-24(10-15)20(2,3)4/h5-6,9-12,14H,7-8H2,1-4H3,(H,21,25)/t12-,14?/m0/s1. The number of hydrogen-bond acceptors (Lipinski definition) is 5. The van der Waals surface area contributed by atoms with Crippen molar-refractivity contribution in [1.82, 2.24) is 20.1 Å². The summed E-state index contributed by atoms with van der Waals surface area (Å²) in [5, 5.41) is 7.39. The minimum atomic E-state index is -0.0706. The number of aromatic nitrogens is 3. The molecular weight excluding hydrogens is 360 g/mol. The number of hydrogen-bond donors (Lipinski definition) is 1. The monoisotopic (exact) mass is 384 g/mol. The first-order chi connectivity index (χ1) is 12.8. The molecule has 7 heteroatoms. The van der Waals surface area contributed by atoms with Crippen LogP contribution in [-0.4, -0.2) is 33.3 Å². The van der Waals surface area contributed by atoms with E-state index in [0.29, 0.717) is 13.0 Å². The zero-order chi connectivity index (χ0) is 19.2. The van der Waals surface area contributed by atoms with Crippen LogP contribution in [0, 0.1) is 5.92 Å². The fourth-order valence-corrected chi connectivity index (χ4v) is 4.01. The number of thiazole rings is 1. The Labute approximate surface area is 162 Å². The van der Waals surface area contributed by atoms with E-state index in [-0.39, 0.29) is 23.5 Å². The second kappa shape index (κ2) is 6.64. The van der Waals surface area contributed by atoms with E-state index in [2.05, 4.69) is 54.5 Å². The highest BCUT2D eigenvalue weighted by atomic mass is 32.1. The lowest BCUT2D eigenvalue weighted by atomic mass is 10.0. The largest absolute Gasteiger partial charge is 0.489 e. The van der Waals surface area contributed by atoms with Crippen molar-refractivity contribution in [3.63, 3.8) is 0 Å². The van der Waals surface area contributed by atoms with E-state index in [0.717, 1.165) is 27.1 Å². The minimum absolute atomic E-state index is 0.0539. The molecule has 1 aliphatic rings. The maximum Gasteiger partial charge on any atom is 0.220 e. The van der Waals surface area contributed by atoms with Gasteiger partial charge in [0.25, 0.3) is 0 Å². The summed E-state index contributed by atoms with van der Waals surface area (Å²) in [6.07, 6.45) is 4.40. The molecule has 27 heavy (non-hydrogen) atoms. The minimum Gasteiger partial charge on any atom is -0.489 e. The van der Waals surface area contributed by atoms with Crippen LogP contribution in [0.15, 0.2) is 30.0 Å². The molecule has 1 fully saturated rings. The first-order valence-corrected chi connectivity index (χ1v) is 10.1. The lowest BCUT2D eigenvalue weighted by Crippen LogP contribution is -2.25. The summed E-state index contributed by atoms with van der Waals surface area (Å²) in [6.45, 7) is 9.08. The van der Waals surface area contributed by atoms with Crippen molar-refractivity contribution in [1.29, 1.82) is 0 Å². The Morgan fingerprint density at radius 1 is 1.33 bits per heavy atom. The third-order valence-corrected chi connectivity index (χ3v) is 5.84. The zero-order valence-electron chi connectivity index (χ0n) is 16.0. The molecule has 142 valence electrons. The Hall–Kier alpha value is -2.41. The molecule has 1 aromatic carbocycles. The fourth-order valence-electron chi connectivity index (χ4n) is 3.29.